The fourth-order valence-corrected chi connectivity index (χ4v) is 1.79. The van der Waals surface area contributed by atoms with Gasteiger partial charge < -0.3 is 5.32 Å². The summed E-state index contributed by atoms with van der Waals surface area (Å²) in [7, 11) is 0. The number of anilines is 1. The van der Waals surface area contributed by atoms with E-state index in [1.165, 1.54) is 0 Å². The predicted octanol–water partition coefficient (Wildman–Crippen LogP) is 4.38. The minimum Gasteiger partial charge on any atom is -0.326 e. The molecule has 1 amide bonds. The van der Waals surface area contributed by atoms with Gasteiger partial charge in [0.2, 0.25) is 5.91 Å². The first-order chi connectivity index (χ1) is 8.95. The zero-order valence-corrected chi connectivity index (χ0v) is 10.8. The molecular formula is C14H18F3NO. The summed E-state index contributed by atoms with van der Waals surface area (Å²) in [5.74, 6) is -2.91. The van der Waals surface area contributed by atoms with Crippen LogP contribution in [0.1, 0.15) is 32.6 Å². The average Bonchev–Trinajstić information content (AvgIpc) is 2.34. The van der Waals surface area contributed by atoms with E-state index in [9.17, 15) is 18.0 Å². The van der Waals surface area contributed by atoms with Gasteiger partial charge in [-0.25, -0.2) is 0 Å². The van der Waals surface area contributed by atoms with Crippen LogP contribution in [0, 0.1) is 5.92 Å². The second-order valence-corrected chi connectivity index (χ2v) is 4.45. The Balaban J connectivity index is 2.66. The molecule has 0 fully saturated rings. The summed E-state index contributed by atoms with van der Waals surface area (Å²) < 4.78 is 38.5. The molecule has 5 heteroatoms. The summed E-state index contributed by atoms with van der Waals surface area (Å²) in [6.07, 6.45) is -2.72. The summed E-state index contributed by atoms with van der Waals surface area (Å²) in [5, 5.41) is 2.32. The normalized spacial score (nSPS) is 13.1. The summed E-state index contributed by atoms with van der Waals surface area (Å²) in [6.45, 7) is 1.91. The van der Waals surface area contributed by atoms with Crippen LogP contribution in [0.15, 0.2) is 30.3 Å². The van der Waals surface area contributed by atoms with Crippen LogP contribution in [0.4, 0.5) is 18.9 Å². The number of benzene rings is 1. The molecular weight excluding hydrogens is 255 g/mol. The molecule has 0 aliphatic rings. The number of carbonyl (C=O) groups excluding carboxylic acids is 1. The monoisotopic (exact) mass is 273 g/mol. The van der Waals surface area contributed by atoms with Crippen LogP contribution in [0.3, 0.4) is 0 Å². The van der Waals surface area contributed by atoms with Gasteiger partial charge in [0.15, 0.2) is 0 Å². The molecule has 0 aromatic heterocycles. The lowest BCUT2D eigenvalue weighted by Gasteiger charge is -2.19. The van der Waals surface area contributed by atoms with Crippen LogP contribution in [0.5, 0.6) is 0 Å². The van der Waals surface area contributed by atoms with Crippen molar-refractivity contribution < 1.29 is 18.0 Å². The zero-order chi connectivity index (χ0) is 14.3. The first-order valence-corrected chi connectivity index (χ1v) is 6.37. The van der Waals surface area contributed by atoms with Crippen molar-refractivity contribution in [3.63, 3.8) is 0 Å². The smallest absolute Gasteiger partial charge is 0.326 e. The van der Waals surface area contributed by atoms with E-state index in [4.69, 9.17) is 0 Å². The highest BCUT2D eigenvalue weighted by Crippen LogP contribution is 2.31. The third-order valence-corrected chi connectivity index (χ3v) is 2.85. The van der Waals surface area contributed by atoms with Crippen molar-refractivity contribution in [1.29, 1.82) is 0 Å². The van der Waals surface area contributed by atoms with Crippen molar-refractivity contribution in [2.75, 3.05) is 5.32 Å². The van der Waals surface area contributed by atoms with Gasteiger partial charge in [0.05, 0.1) is 0 Å². The van der Waals surface area contributed by atoms with Crippen LogP contribution in [-0.2, 0) is 4.79 Å². The van der Waals surface area contributed by atoms with Crippen LogP contribution >= 0.6 is 0 Å². The number of nitrogens with one attached hydrogen (secondary N) is 1. The average molecular weight is 273 g/mol. The number of hydrogen-bond donors (Lipinski definition) is 1. The molecule has 0 saturated heterocycles. The molecule has 0 aliphatic carbocycles. The molecule has 1 N–H and O–H groups in total. The van der Waals surface area contributed by atoms with Crippen molar-refractivity contribution in [3.05, 3.63) is 30.3 Å². The largest absolute Gasteiger partial charge is 0.400 e. The molecule has 0 radical (unpaired) electrons. The molecule has 0 spiro atoms. The van der Waals surface area contributed by atoms with Crippen molar-refractivity contribution in [2.45, 2.75) is 38.8 Å². The molecule has 106 valence electrons. The second kappa shape index (κ2) is 7.16. The molecule has 1 aromatic rings. The maximum Gasteiger partial charge on any atom is 0.400 e. The lowest BCUT2D eigenvalue weighted by Crippen LogP contribution is -2.35. The number of unbranched alkanes of at least 4 members (excludes halogenated alkanes) is 2. The maximum atomic E-state index is 12.8. The minimum atomic E-state index is -4.49. The summed E-state index contributed by atoms with van der Waals surface area (Å²) >= 11 is 0. The SMILES string of the molecule is CCCCCC(C(=O)Nc1ccccc1)C(F)(F)F. The quantitative estimate of drug-likeness (QED) is 0.765. The molecule has 1 atom stereocenters. The third-order valence-electron chi connectivity index (χ3n) is 2.85. The summed E-state index contributed by atoms with van der Waals surface area (Å²) in [6, 6.07) is 8.19. The first kappa shape index (κ1) is 15.5. The molecule has 0 heterocycles. The fourth-order valence-electron chi connectivity index (χ4n) is 1.79. The Morgan fingerprint density at radius 1 is 1.21 bits per heavy atom. The highest BCUT2D eigenvalue weighted by atomic mass is 19.4. The minimum absolute atomic E-state index is 0.157. The van der Waals surface area contributed by atoms with E-state index in [0.717, 1.165) is 6.42 Å². The Hall–Kier alpha value is -1.52. The van der Waals surface area contributed by atoms with E-state index in [-0.39, 0.29) is 6.42 Å². The molecule has 0 aliphatic heterocycles. The van der Waals surface area contributed by atoms with Gasteiger partial charge in [-0.1, -0.05) is 44.4 Å². The van der Waals surface area contributed by atoms with Crippen LogP contribution < -0.4 is 5.32 Å². The Morgan fingerprint density at radius 2 is 1.84 bits per heavy atom. The number of rotatable bonds is 6. The highest BCUT2D eigenvalue weighted by Gasteiger charge is 2.44. The van der Waals surface area contributed by atoms with Crippen molar-refractivity contribution in [3.8, 4) is 0 Å². The third kappa shape index (κ3) is 5.32. The topological polar surface area (TPSA) is 29.1 Å². The number of halogens is 3. The molecule has 1 unspecified atom stereocenters. The fraction of sp³-hybridized carbons (Fsp3) is 0.500. The number of amides is 1. The number of hydrogen-bond acceptors (Lipinski definition) is 1. The molecule has 1 rings (SSSR count). The van der Waals surface area contributed by atoms with Crippen molar-refractivity contribution in [2.24, 2.45) is 5.92 Å². The summed E-state index contributed by atoms with van der Waals surface area (Å²) in [5.41, 5.74) is 0.386. The van der Waals surface area contributed by atoms with Crippen molar-refractivity contribution in [1.82, 2.24) is 0 Å². The molecule has 2 nitrogen and oxygen atoms in total. The van der Waals surface area contributed by atoms with E-state index < -0.39 is 18.0 Å². The van der Waals surface area contributed by atoms with Crippen LogP contribution in [-0.4, -0.2) is 12.1 Å². The van der Waals surface area contributed by atoms with E-state index in [1.807, 2.05) is 6.92 Å². The maximum absolute atomic E-state index is 12.8. The van der Waals surface area contributed by atoms with Gasteiger partial charge >= 0.3 is 6.18 Å². The van der Waals surface area contributed by atoms with Gasteiger partial charge in [0.1, 0.15) is 5.92 Å². The van der Waals surface area contributed by atoms with Gasteiger partial charge in [-0.3, -0.25) is 4.79 Å². The second-order valence-electron chi connectivity index (χ2n) is 4.45. The first-order valence-electron chi connectivity index (χ1n) is 6.37. The standard InChI is InChI=1S/C14H18F3NO/c1-2-3-5-10-12(14(15,16)17)13(19)18-11-8-6-4-7-9-11/h4,6-9,12H,2-3,5,10H2,1H3,(H,18,19). The van der Waals surface area contributed by atoms with Gasteiger partial charge in [-0.05, 0) is 18.6 Å². The van der Waals surface area contributed by atoms with E-state index in [1.54, 1.807) is 30.3 Å². The molecule has 1 aromatic carbocycles. The van der Waals surface area contributed by atoms with E-state index in [2.05, 4.69) is 5.32 Å². The van der Waals surface area contributed by atoms with E-state index >= 15 is 0 Å². The molecule has 0 saturated carbocycles. The van der Waals surface area contributed by atoms with Gasteiger partial charge in [-0.2, -0.15) is 13.2 Å². The van der Waals surface area contributed by atoms with Gasteiger partial charge in [0, 0.05) is 5.69 Å². The Labute approximate surface area is 111 Å². The van der Waals surface area contributed by atoms with Gasteiger partial charge in [-0.15, -0.1) is 0 Å². The Morgan fingerprint density at radius 3 is 2.37 bits per heavy atom. The van der Waals surface area contributed by atoms with Gasteiger partial charge in [0.25, 0.3) is 0 Å². The lowest BCUT2D eigenvalue weighted by molar-refractivity contribution is -0.181. The Kier molecular flexibility index (Phi) is 5.86. The molecule has 19 heavy (non-hydrogen) atoms. The number of para-hydroxylation sites is 1. The lowest BCUT2D eigenvalue weighted by atomic mass is 9.99. The summed E-state index contributed by atoms with van der Waals surface area (Å²) in [4.78, 5) is 11.7. The van der Waals surface area contributed by atoms with E-state index in [0.29, 0.717) is 18.5 Å². The van der Waals surface area contributed by atoms with Crippen molar-refractivity contribution >= 4 is 11.6 Å². The van der Waals surface area contributed by atoms with Crippen LogP contribution in [0.25, 0.3) is 0 Å². The highest BCUT2D eigenvalue weighted by molar-refractivity contribution is 5.93. The van der Waals surface area contributed by atoms with Crippen LogP contribution in [0.2, 0.25) is 0 Å². The number of carbonyl (C=O) groups is 1. The zero-order valence-electron chi connectivity index (χ0n) is 10.8. The Bertz CT molecular complexity index is 389. The number of alkyl halides is 3. The predicted molar refractivity (Wildman–Crippen MR) is 68.8 cm³/mol. The molecule has 0 bridgehead atoms.